The summed E-state index contributed by atoms with van der Waals surface area (Å²) in [5, 5.41) is 7.02. The molecule has 1 fully saturated rings. The fourth-order valence-corrected chi connectivity index (χ4v) is 3.92. The molecular weight excluding hydrogens is 378 g/mol. The molecule has 1 aromatic heterocycles. The first-order chi connectivity index (χ1) is 14.7. The van der Waals surface area contributed by atoms with E-state index in [-0.39, 0.29) is 17.6 Å². The molecule has 1 unspecified atom stereocenters. The predicted octanol–water partition coefficient (Wildman–Crippen LogP) is 4.31. The number of hydrogen-bond donors (Lipinski definition) is 1. The van der Waals surface area contributed by atoms with E-state index in [1.165, 1.54) is 24.8 Å². The van der Waals surface area contributed by atoms with Crippen LogP contribution in [-0.2, 0) is 0 Å². The Hall–Kier alpha value is -3.12. The summed E-state index contributed by atoms with van der Waals surface area (Å²) in [7, 11) is 1.62. The molecule has 1 saturated heterocycles. The Balaban J connectivity index is 1.43. The Morgan fingerprint density at radius 3 is 2.53 bits per heavy atom. The molecule has 6 heteroatoms. The lowest BCUT2D eigenvalue weighted by atomic mass is 10.0. The van der Waals surface area contributed by atoms with Crippen molar-refractivity contribution in [3.8, 4) is 17.1 Å². The van der Waals surface area contributed by atoms with Crippen molar-refractivity contribution < 1.29 is 14.1 Å². The molecular formula is C24H27N3O3. The molecule has 0 aliphatic carbocycles. The van der Waals surface area contributed by atoms with Gasteiger partial charge in [-0.25, -0.2) is 0 Å². The van der Waals surface area contributed by atoms with Crippen LogP contribution in [0.15, 0.2) is 65.2 Å². The summed E-state index contributed by atoms with van der Waals surface area (Å²) in [4.78, 5) is 15.2. The number of likely N-dealkylation sites (tertiary alicyclic amines) is 1. The van der Waals surface area contributed by atoms with E-state index >= 15 is 0 Å². The van der Waals surface area contributed by atoms with E-state index < -0.39 is 0 Å². The topological polar surface area (TPSA) is 67.6 Å². The maximum absolute atomic E-state index is 12.7. The van der Waals surface area contributed by atoms with E-state index in [4.69, 9.17) is 9.26 Å². The maximum atomic E-state index is 12.7. The first-order valence-corrected chi connectivity index (χ1v) is 10.4. The minimum absolute atomic E-state index is 0.156. The second-order valence-electron chi connectivity index (χ2n) is 7.54. The minimum Gasteiger partial charge on any atom is -0.497 e. The molecule has 3 aromatic rings. The molecule has 1 aliphatic rings. The number of carbonyl (C=O) groups is 1. The second kappa shape index (κ2) is 9.59. The van der Waals surface area contributed by atoms with E-state index in [9.17, 15) is 4.79 Å². The molecule has 6 nitrogen and oxygen atoms in total. The minimum atomic E-state index is -0.226. The molecule has 0 bridgehead atoms. The zero-order valence-corrected chi connectivity index (χ0v) is 17.2. The van der Waals surface area contributed by atoms with Crippen LogP contribution < -0.4 is 10.1 Å². The summed E-state index contributed by atoms with van der Waals surface area (Å²) < 4.78 is 10.6. The van der Waals surface area contributed by atoms with Crippen molar-refractivity contribution >= 4 is 5.91 Å². The van der Waals surface area contributed by atoms with Crippen LogP contribution in [0.25, 0.3) is 11.3 Å². The van der Waals surface area contributed by atoms with Gasteiger partial charge >= 0.3 is 0 Å². The molecule has 2 heterocycles. The number of aromatic nitrogens is 1. The summed E-state index contributed by atoms with van der Waals surface area (Å²) in [6.45, 7) is 2.65. The monoisotopic (exact) mass is 405 g/mol. The molecule has 1 N–H and O–H groups in total. The molecule has 1 amide bonds. The molecule has 0 spiro atoms. The van der Waals surface area contributed by atoms with E-state index in [0.29, 0.717) is 12.3 Å². The summed E-state index contributed by atoms with van der Waals surface area (Å²) in [6.07, 6.45) is 3.68. The van der Waals surface area contributed by atoms with Crippen LogP contribution in [0.4, 0.5) is 0 Å². The average Bonchev–Trinajstić information content (AvgIpc) is 3.31. The van der Waals surface area contributed by atoms with Gasteiger partial charge in [0.1, 0.15) is 5.75 Å². The maximum Gasteiger partial charge on any atom is 0.273 e. The number of nitrogens with zero attached hydrogens (tertiary/aromatic N) is 2. The number of benzene rings is 2. The van der Waals surface area contributed by atoms with E-state index in [2.05, 4.69) is 27.5 Å². The highest BCUT2D eigenvalue weighted by Crippen LogP contribution is 2.25. The second-order valence-corrected chi connectivity index (χ2v) is 7.54. The van der Waals surface area contributed by atoms with Gasteiger partial charge in [-0.15, -0.1) is 0 Å². The number of ether oxygens (including phenoxy) is 1. The van der Waals surface area contributed by atoms with Gasteiger partial charge in [0.2, 0.25) is 0 Å². The first-order valence-electron chi connectivity index (χ1n) is 10.4. The summed E-state index contributed by atoms with van der Waals surface area (Å²) >= 11 is 0. The van der Waals surface area contributed by atoms with E-state index in [1.54, 1.807) is 13.2 Å². The number of nitrogens with one attached hydrogen (secondary N) is 1. The largest absolute Gasteiger partial charge is 0.497 e. The number of hydrogen-bond acceptors (Lipinski definition) is 5. The van der Waals surface area contributed by atoms with Crippen molar-refractivity contribution in [1.29, 1.82) is 0 Å². The third-order valence-electron chi connectivity index (χ3n) is 5.59. The van der Waals surface area contributed by atoms with Crippen molar-refractivity contribution in [3.05, 3.63) is 71.9 Å². The Kier molecular flexibility index (Phi) is 6.44. The summed E-state index contributed by atoms with van der Waals surface area (Å²) in [6, 6.07) is 19.7. The zero-order valence-electron chi connectivity index (χ0n) is 17.2. The van der Waals surface area contributed by atoms with Crippen LogP contribution in [-0.4, -0.2) is 42.7 Å². The quantitative estimate of drug-likeness (QED) is 0.635. The average molecular weight is 405 g/mol. The Labute approximate surface area is 176 Å². The van der Waals surface area contributed by atoms with Gasteiger partial charge in [0, 0.05) is 18.2 Å². The zero-order chi connectivity index (χ0) is 20.8. The van der Waals surface area contributed by atoms with Gasteiger partial charge in [0.05, 0.1) is 13.2 Å². The Bertz CT molecular complexity index is 947. The van der Waals surface area contributed by atoms with Crippen LogP contribution in [0.5, 0.6) is 5.75 Å². The third-order valence-corrected chi connectivity index (χ3v) is 5.59. The highest BCUT2D eigenvalue weighted by Gasteiger charge is 2.23. The SMILES string of the molecule is COc1ccc(-c2cc(C(=O)NCC(c3ccccc3)N3CCCCC3)no2)cc1. The Morgan fingerprint density at radius 1 is 1.10 bits per heavy atom. The van der Waals surface area contributed by atoms with Gasteiger partial charge in [-0.1, -0.05) is 41.9 Å². The normalized spacial score (nSPS) is 15.5. The van der Waals surface area contributed by atoms with Gasteiger partial charge in [-0.2, -0.15) is 0 Å². The van der Waals surface area contributed by atoms with Crippen LogP contribution in [0, 0.1) is 0 Å². The van der Waals surface area contributed by atoms with Crippen LogP contribution in [0.2, 0.25) is 0 Å². The van der Waals surface area contributed by atoms with Crippen LogP contribution in [0.3, 0.4) is 0 Å². The highest BCUT2D eigenvalue weighted by atomic mass is 16.5. The van der Waals surface area contributed by atoms with E-state index in [0.717, 1.165) is 24.4 Å². The number of rotatable bonds is 7. The van der Waals surface area contributed by atoms with Crippen molar-refractivity contribution in [2.75, 3.05) is 26.7 Å². The molecule has 156 valence electrons. The molecule has 30 heavy (non-hydrogen) atoms. The van der Waals surface area contributed by atoms with Gasteiger partial charge in [0.15, 0.2) is 11.5 Å². The van der Waals surface area contributed by atoms with Crippen LogP contribution >= 0.6 is 0 Å². The van der Waals surface area contributed by atoms with Gasteiger partial charge < -0.3 is 14.6 Å². The fraction of sp³-hybridized carbons (Fsp3) is 0.333. The molecule has 0 radical (unpaired) electrons. The molecule has 1 aliphatic heterocycles. The van der Waals surface area contributed by atoms with Crippen molar-refractivity contribution in [2.24, 2.45) is 0 Å². The van der Waals surface area contributed by atoms with Gasteiger partial charge in [-0.3, -0.25) is 9.69 Å². The van der Waals surface area contributed by atoms with E-state index in [1.807, 2.05) is 42.5 Å². The molecule has 0 saturated carbocycles. The first kappa shape index (κ1) is 20.2. The van der Waals surface area contributed by atoms with Crippen LogP contribution in [0.1, 0.15) is 41.4 Å². The number of amides is 1. The molecule has 4 rings (SSSR count). The molecule has 1 atom stereocenters. The summed E-state index contributed by atoms with van der Waals surface area (Å²) in [5.74, 6) is 1.09. The standard InChI is InChI=1S/C24H27N3O3/c1-29-20-12-10-19(11-13-20)23-16-21(26-30-23)24(28)25-17-22(18-8-4-2-5-9-18)27-14-6-3-7-15-27/h2,4-5,8-13,16,22H,3,6-7,14-15,17H2,1H3,(H,25,28). The Morgan fingerprint density at radius 2 is 1.83 bits per heavy atom. The van der Waals surface area contributed by atoms with Crippen molar-refractivity contribution in [3.63, 3.8) is 0 Å². The van der Waals surface area contributed by atoms with Crippen molar-refractivity contribution in [2.45, 2.75) is 25.3 Å². The predicted molar refractivity (Wildman–Crippen MR) is 115 cm³/mol. The lowest BCUT2D eigenvalue weighted by Gasteiger charge is -2.35. The lowest BCUT2D eigenvalue weighted by Crippen LogP contribution is -2.40. The summed E-state index contributed by atoms with van der Waals surface area (Å²) in [5.41, 5.74) is 2.35. The van der Waals surface area contributed by atoms with Gasteiger partial charge in [0.25, 0.3) is 5.91 Å². The van der Waals surface area contributed by atoms with Gasteiger partial charge in [-0.05, 0) is 55.8 Å². The lowest BCUT2D eigenvalue weighted by molar-refractivity contribution is 0.0915. The number of piperidine rings is 1. The number of methoxy groups -OCH3 is 1. The smallest absolute Gasteiger partial charge is 0.273 e. The third kappa shape index (κ3) is 4.71. The molecule has 2 aromatic carbocycles. The van der Waals surface area contributed by atoms with Crippen molar-refractivity contribution in [1.82, 2.24) is 15.4 Å². The fourth-order valence-electron chi connectivity index (χ4n) is 3.92. The number of carbonyl (C=O) groups excluding carboxylic acids is 1. The highest BCUT2D eigenvalue weighted by molar-refractivity contribution is 5.93.